The molecule has 0 atom stereocenters. The minimum Gasteiger partial charge on any atom is -0.480 e. The predicted octanol–water partition coefficient (Wildman–Crippen LogP) is 1.39. The highest BCUT2D eigenvalue weighted by Gasteiger charge is 2.17. The van der Waals surface area contributed by atoms with Gasteiger partial charge >= 0.3 is 5.97 Å². The number of aliphatic carboxylic acids is 1. The first-order valence-corrected chi connectivity index (χ1v) is 6.85. The van der Waals surface area contributed by atoms with Crippen LogP contribution in [0.15, 0.2) is 24.3 Å². The molecule has 1 aromatic rings. The molecule has 7 heteroatoms. The maximum atomic E-state index is 11.9. The Morgan fingerprint density at radius 3 is 2.52 bits per heavy atom. The summed E-state index contributed by atoms with van der Waals surface area (Å²) in [5.41, 5.74) is 0.271. The number of carboxylic acid groups (broad SMARTS) is 1. The molecule has 114 valence electrons. The summed E-state index contributed by atoms with van der Waals surface area (Å²) in [4.78, 5) is 35.7. The third-order valence-corrected chi connectivity index (χ3v) is 3.02. The number of nitrogens with one attached hydrogen (secondary N) is 1. The van der Waals surface area contributed by atoms with Crippen molar-refractivity contribution in [3.05, 3.63) is 34.9 Å². The lowest BCUT2D eigenvalue weighted by molar-refractivity contribution is -0.144. The maximum absolute atomic E-state index is 11.9. The van der Waals surface area contributed by atoms with Gasteiger partial charge in [0.2, 0.25) is 5.91 Å². The zero-order valence-electron chi connectivity index (χ0n) is 11.6. The van der Waals surface area contributed by atoms with E-state index in [2.05, 4.69) is 5.32 Å². The maximum Gasteiger partial charge on any atom is 0.323 e. The second-order valence-electron chi connectivity index (χ2n) is 4.37. The molecule has 0 bridgehead atoms. The largest absolute Gasteiger partial charge is 0.480 e. The first-order valence-electron chi connectivity index (χ1n) is 6.48. The summed E-state index contributed by atoms with van der Waals surface area (Å²) in [6.07, 6.45) is 0.636. The van der Waals surface area contributed by atoms with Crippen molar-refractivity contribution in [1.29, 1.82) is 0 Å². The topological polar surface area (TPSA) is 86.7 Å². The molecule has 0 unspecified atom stereocenters. The first-order chi connectivity index (χ1) is 9.95. The fraction of sp³-hybridized carbons (Fsp3) is 0.357. The number of carboxylic acids is 1. The lowest BCUT2D eigenvalue weighted by atomic mass is 10.2. The van der Waals surface area contributed by atoms with E-state index in [1.807, 2.05) is 6.92 Å². The van der Waals surface area contributed by atoms with Crippen molar-refractivity contribution in [3.63, 3.8) is 0 Å². The molecule has 0 aliphatic heterocycles. The molecule has 2 amide bonds. The van der Waals surface area contributed by atoms with Gasteiger partial charge in [-0.25, -0.2) is 0 Å². The Kier molecular flexibility index (Phi) is 6.68. The molecular formula is C14H17ClN2O4. The summed E-state index contributed by atoms with van der Waals surface area (Å²) in [5, 5.41) is 11.5. The van der Waals surface area contributed by atoms with E-state index < -0.39 is 17.8 Å². The van der Waals surface area contributed by atoms with E-state index in [1.54, 1.807) is 24.3 Å². The van der Waals surface area contributed by atoms with Crippen LogP contribution in [0.25, 0.3) is 0 Å². The molecule has 0 aliphatic rings. The van der Waals surface area contributed by atoms with Crippen molar-refractivity contribution in [2.75, 3.05) is 19.6 Å². The van der Waals surface area contributed by atoms with Crippen LogP contribution in [-0.4, -0.2) is 47.4 Å². The number of halogens is 1. The van der Waals surface area contributed by atoms with Crippen LogP contribution >= 0.6 is 11.6 Å². The number of carbonyl (C=O) groups is 3. The van der Waals surface area contributed by atoms with E-state index in [0.29, 0.717) is 18.0 Å². The van der Waals surface area contributed by atoms with Crippen LogP contribution < -0.4 is 5.32 Å². The molecule has 1 rings (SSSR count). The van der Waals surface area contributed by atoms with E-state index in [0.717, 1.165) is 0 Å². The van der Waals surface area contributed by atoms with Gasteiger partial charge in [-0.15, -0.1) is 0 Å². The van der Waals surface area contributed by atoms with Gasteiger partial charge in [0.05, 0.1) is 17.1 Å². The molecule has 6 nitrogen and oxygen atoms in total. The molecule has 2 N–H and O–H groups in total. The van der Waals surface area contributed by atoms with Crippen LogP contribution in [0.4, 0.5) is 0 Å². The van der Waals surface area contributed by atoms with Gasteiger partial charge in [-0.05, 0) is 18.6 Å². The average Bonchev–Trinajstić information content (AvgIpc) is 2.44. The average molecular weight is 313 g/mol. The van der Waals surface area contributed by atoms with Crippen LogP contribution in [-0.2, 0) is 9.59 Å². The van der Waals surface area contributed by atoms with Crippen molar-refractivity contribution >= 4 is 29.4 Å². The molecular weight excluding hydrogens is 296 g/mol. The van der Waals surface area contributed by atoms with Crippen molar-refractivity contribution in [1.82, 2.24) is 10.2 Å². The zero-order chi connectivity index (χ0) is 15.8. The van der Waals surface area contributed by atoms with E-state index in [1.165, 1.54) is 4.90 Å². The number of hydrogen-bond acceptors (Lipinski definition) is 3. The number of rotatable bonds is 7. The lowest BCUT2D eigenvalue weighted by Gasteiger charge is -2.20. The highest BCUT2D eigenvalue weighted by molar-refractivity contribution is 6.33. The number of hydrogen-bond donors (Lipinski definition) is 2. The highest BCUT2D eigenvalue weighted by atomic mass is 35.5. The molecule has 0 aromatic heterocycles. The third-order valence-electron chi connectivity index (χ3n) is 2.69. The summed E-state index contributed by atoms with van der Waals surface area (Å²) in [7, 11) is 0. The number of amides is 2. The van der Waals surface area contributed by atoms with Crippen LogP contribution in [0.5, 0.6) is 0 Å². The highest BCUT2D eigenvalue weighted by Crippen LogP contribution is 2.14. The normalized spacial score (nSPS) is 10.0. The van der Waals surface area contributed by atoms with Gasteiger partial charge < -0.3 is 15.3 Å². The second kappa shape index (κ2) is 8.26. The predicted molar refractivity (Wildman–Crippen MR) is 78.3 cm³/mol. The van der Waals surface area contributed by atoms with E-state index >= 15 is 0 Å². The van der Waals surface area contributed by atoms with Crippen molar-refractivity contribution in [3.8, 4) is 0 Å². The number of carbonyl (C=O) groups excluding carboxylic acids is 2. The van der Waals surface area contributed by atoms with Gasteiger partial charge in [0, 0.05) is 6.54 Å². The molecule has 0 spiro atoms. The molecule has 0 fully saturated rings. The molecule has 0 saturated carbocycles. The van der Waals surface area contributed by atoms with Gasteiger partial charge in [-0.3, -0.25) is 14.4 Å². The first kappa shape index (κ1) is 17.0. The standard InChI is InChI=1S/C14H17ClN2O4/c1-2-7-17(9-13(19)20)12(18)8-16-14(21)10-5-3-4-6-11(10)15/h3-6H,2,7-9H2,1H3,(H,16,21)(H,19,20). The summed E-state index contributed by atoms with van der Waals surface area (Å²) in [6.45, 7) is 1.52. The lowest BCUT2D eigenvalue weighted by Crippen LogP contribution is -2.43. The van der Waals surface area contributed by atoms with Gasteiger partial charge in [0.25, 0.3) is 5.91 Å². The SMILES string of the molecule is CCCN(CC(=O)O)C(=O)CNC(=O)c1ccccc1Cl. The second-order valence-corrected chi connectivity index (χ2v) is 4.78. The van der Waals surface area contributed by atoms with Crippen molar-refractivity contribution < 1.29 is 19.5 Å². The molecule has 0 heterocycles. The van der Waals surface area contributed by atoms with Gasteiger partial charge in [-0.1, -0.05) is 30.7 Å². The Bertz CT molecular complexity index is 533. The van der Waals surface area contributed by atoms with Crippen LogP contribution in [0.1, 0.15) is 23.7 Å². The van der Waals surface area contributed by atoms with Gasteiger partial charge in [0.1, 0.15) is 6.54 Å². The summed E-state index contributed by atoms with van der Waals surface area (Å²) in [6, 6.07) is 6.48. The quantitative estimate of drug-likeness (QED) is 0.796. The van der Waals surface area contributed by atoms with Crippen molar-refractivity contribution in [2.24, 2.45) is 0 Å². The fourth-order valence-electron chi connectivity index (χ4n) is 1.73. The molecule has 1 aromatic carbocycles. The van der Waals surface area contributed by atoms with E-state index in [4.69, 9.17) is 16.7 Å². The van der Waals surface area contributed by atoms with E-state index in [-0.39, 0.29) is 18.7 Å². The van der Waals surface area contributed by atoms with E-state index in [9.17, 15) is 14.4 Å². The minimum absolute atomic E-state index is 0.267. The number of nitrogens with zero attached hydrogens (tertiary/aromatic N) is 1. The molecule has 21 heavy (non-hydrogen) atoms. The Balaban J connectivity index is 2.60. The summed E-state index contributed by atoms with van der Waals surface area (Å²) in [5.74, 6) is -2.00. The van der Waals surface area contributed by atoms with Crippen LogP contribution in [0.2, 0.25) is 5.02 Å². The van der Waals surface area contributed by atoms with Crippen LogP contribution in [0, 0.1) is 0 Å². The monoisotopic (exact) mass is 312 g/mol. The van der Waals surface area contributed by atoms with Gasteiger partial charge in [-0.2, -0.15) is 0 Å². The Morgan fingerprint density at radius 2 is 1.95 bits per heavy atom. The Labute approximate surface area is 127 Å². The van der Waals surface area contributed by atoms with Crippen molar-refractivity contribution in [2.45, 2.75) is 13.3 Å². The summed E-state index contributed by atoms with van der Waals surface area (Å²) >= 11 is 5.88. The molecule has 0 saturated heterocycles. The number of benzene rings is 1. The van der Waals surface area contributed by atoms with Gasteiger partial charge in [0.15, 0.2) is 0 Å². The van der Waals surface area contributed by atoms with Crippen LogP contribution in [0.3, 0.4) is 0 Å². The molecule has 0 aliphatic carbocycles. The minimum atomic E-state index is -1.09. The Hall–Kier alpha value is -2.08. The fourth-order valence-corrected chi connectivity index (χ4v) is 1.95. The molecule has 0 radical (unpaired) electrons. The third kappa shape index (κ3) is 5.43. The summed E-state index contributed by atoms with van der Waals surface area (Å²) < 4.78 is 0. The zero-order valence-corrected chi connectivity index (χ0v) is 12.4. The Morgan fingerprint density at radius 1 is 1.29 bits per heavy atom. The smallest absolute Gasteiger partial charge is 0.323 e.